The topological polar surface area (TPSA) is 69.4 Å². The quantitative estimate of drug-likeness (QED) is 0.786. The van der Waals surface area contributed by atoms with E-state index in [1.807, 2.05) is 0 Å². The number of halogens is 3. The van der Waals surface area contributed by atoms with Crippen molar-refractivity contribution in [2.45, 2.75) is 12.6 Å². The Morgan fingerprint density at radius 3 is 2.41 bits per heavy atom. The lowest BCUT2D eigenvalue weighted by Gasteiger charge is -2.06. The van der Waals surface area contributed by atoms with Crippen LogP contribution in [0, 0.1) is 0 Å². The van der Waals surface area contributed by atoms with E-state index in [4.69, 9.17) is 4.42 Å². The van der Waals surface area contributed by atoms with E-state index in [9.17, 15) is 21.6 Å². The maximum Gasteiger partial charge on any atom is 0.416 e. The third-order valence-electron chi connectivity index (χ3n) is 2.67. The molecule has 5 nitrogen and oxygen atoms in total. The van der Waals surface area contributed by atoms with Gasteiger partial charge in [0.05, 0.1) is 18.4 Å². The van der Waals surface area contributed by atoms with Gasteiger partial charge in [-0.25, -0.2) is 4.98 Å². The van der Waals surface area contributed by atoms with Crippen molar-refractivity contribution in [3.8, 4) is 11.3 Å². The molecule has 0 saturated heterocycles. The minimum Gasteiger partial charge on any atom is -0.448 e. The normalized spacial score (nSPS) is 12.5. The molecule has 0 N–H and O–H groups in total. The number of aromatic nitrogens is 1. The van der Waals surface area contributed by atoms with E-state index in [1.54, 1.807) is 0 Å². The second kappa shape index (κ2) is 6.09. The SMILES string of the molecule is CS(=O)(=O)OCCc1nc(-c2ccc(C(F)(F)F)cc2)co1. The summed E-state index contributed by atoms with van der Waals surface area (Å²) in [5.41, 5.74) is 0.0802. The summed E-state index contributed by atoms with van der Waals surface area (Å²) in [6.07, 6.45) is -2.04. The fourth-order valence-corrected chi connectivity index (χ4v) is 2.05. The highest BCUT2D eigenvalue weighted by Crippen LogP contribution is 2.30. The molecule has 0 aliphatic rings. The molecule has 0 aliphatic heterocycles. The maximum absolute atomic E-state index is 12.5. The molecule has 1 heterocycles. The molecule has 0 saturated carbocycles. The predicted octanol–water partition coefficient (Wildman–Crippen LogP) is 2.88. The van der Waals surface area contributed by atoms with Crippen LogP contribution in [0.25, 0.3) is 11.3 Å². The molecule has 0 radical (unpaired) electrons. The Kier molecular flexibility index (Phi) is 4.57. The van der Waals surface area contributed by atoms with Gasteiger partial charge < -0.3 is 4.42 Å². The van der Waals surface area contributed by atoms with Crippen LogP contribution in [-0.2, 0) is 26.9 Å². The Labute approximate surface area is 124 Å². The maximum atomic E-state index is 12.5. The molecule has 1 aromatic carbocycles. The molecule has 1 aromatic heterocycles. The van der Waals surface area contributed by atoms with Crippen LogP contribution in [0.15, 0.2) is 34.9 Å². The molecule has 2 aromatic rings. The highest BCUT2D eigenvalue weighted by Gasteiger charge is 2.30. The number of hydrogen-bond donors (Lipinski definition) is 0. The average Bonchev–Trinajstić information content (AvgIpc) is 2.85. The standard InChI is InChI=1S/C13H12F3NO4S/c1-22(18,19)21-7-6-12-17-11(8-20-12)9-2-4-10(5-3-9)13(14,15)16/h2-5,8H,6-7H2,1H3. The number of alkyl halides is 3. The smallest absolute Gasteiger partial charge is 0.416 e. The summed E-state index contributed by atoms with van der Waals surface area (Å²) in [7, 11) is -3.53. The van der Waals surface area contributed by atoms with Crippen molar-refractivity contribution in [3.05, 3.63) is 42.0 Å². The number of oxazole rings is 1. The van der Waals surface area contributed by atoms with Gasteiger partial charge in [-0.3, -0.25) is 4.18 Å². The van der Waals surface area contributed by atoms with Gasteiger partial charge in [0.1, 0.15) is 12.0 Å². The summed E-state index contributed by atoms with van der Waals surface area (Å²) in [5, 5.41) is 0. The molecule has 0 aliphatic carbocycles. The molecule has 0 bridgehead atoms. The summed E-state index contributed by atoms with van der Waals surface area (Å²) in [6.45, 7) is -0.119. The van der Waals surface area contributed by atoms with Gasteiger partial charge in [0, 0.05) is 12.0 Å². The van der Waals surface area contributed by atoms with Crippen LogP contribution in [0.4, 0.5) is 13.2 Å². The highest BCUT2D eigenvalue weighted by atomic mass is 32.2. The number of rotatable bonds is 5. The van der Waals surface area contributed by atoms with Crippen LogP contribution >= 0.6 is 0 Å². The third kappa shape index (κ3) is 4.57. The van der Waals surface area contributed by atoms with Gasteiger partial charge in [0.2, 0.25) is 0 Å². The lowest BCUT2D eigenvalue weighted by atomic mass is 10.1. The lowest BCUT2D eigenvalue weighted by molar-refractivity contribution is -0.137. The molecule has 0 fully saturated rings. The lowest BCUT2D eigenvalue weighted by Crippen LogP contribution is -2.06. The molecule has 0 unspecified atom stereocenters. The van der Waals surface area contributed by atoms with E-state index < -0.39 is 21.9 Å². The monoisotopic (exact) mass is 335 g/mol. The molecular formula is C13H12F3NO4S. The molecule has 0 spiro atoms. The zero-order valence-electron chi connectivity index (χ0n) is 11.4. The summed E-state index contributed by atoms with van der Waals surface area (Å²) < 4.78 is 68.7. The first-order valence-corrected chi connectivity index (χ1v) is 7.93. The minimum absolute atomic E-state index is 0.119. The van der Waals surface area contributed by atoms with Gasteiger partial charge in [-0.05, 0) is 12.1 Å². The van der Waals surface area contributed by atoms with E-state index in [0.717, 1.165) is 18.4 Å². The van der Waals surface area contributed by atoms with Crippen LogP contribution in [0.3, 0.4) is 0 Å². The van der Waals surface area contributed by atoms with E-state index in [2.05, 4.69) is 9.17 Å². The Morgan fingerprint density at radius 1 is 1.23 bits per heavy atom. The van der Waals surface area contributed by atoms with Crippen molar-refractivity contribution >= 4 is 10.1 Å². The molecule has 0 amide bonds. The van der Waals surface area contributed by atoms with Crippen LogP contribution in [-0.4, -0.2) is 26.3 Å². The molecule has 0 atom stereocenters. The Morgan fingerprint density at radius 2 is 1.86 bits per heavy atom. The number of nitrogens with zero attached hydrogens (tertiary/aromatic N) is 1. The summed E-state index contributed by atoms with van der Waals surface area (Å²) in [6, 6.07) is 4.49. The van der Waals surface area contributed by atoms with E-state index >= 15 is 0 Å². The fraction of sp³-hybridized carbons (Fsp3) is 0.308. The summed E-state index contributed by atoms with van der Waals surface area (Å²) in [4.78, 5) is 4.07. The first-order chi connectivity index (χ1) is 10.1. The Hall–Kier alpha value is -1.87. The van der Waals surface area contributed by atoms with E-state index in [1.165, 1.54) is 18.4 Å². The first kappa shape index (κ1) is 16.5. The summed E-state index contributed by atoms with van der Waals surface area (Å²) >= 11 is 0. The third-order valence-corrected chi connectivity index (χ3v) is 3.27. The van der Waals surface area contributed by atoms with Gasteiger partial charge in [-0.2, -0.15) is 21.6 Å². The van der Waals surface area contributed by atoms with Gasteiger partial charge >= 0.3 is 6.18 Å². The fourth-order valence-electron chi connectivity index (χ4n) is 1.67. The zero-order chi connectivity index (χ0) is 16.4. The second-order valence-electron chi connectivity index (χ2n) is 4.48. The number of benzene rings is 1. The van der Waals surface area contributed by atoms with Crippen LogP contribution in [0.1, 0.15) is 11.5 Å². The minimum atomic E-state index is -4.39. The van der Waals surface area contributed by atoms with Crippen molar-refractivity contribution in [3.63, 3.8) is 0 Å². The Bertz CT molecular complexity index is 735. The van der Waals surface area contributed by atoms with Gasteiger partial charge in [0.25, 0.3) is 10.1 Å². The molecule has 120 valence electrons. The van der Waals surface area contributed by atoms with E-state index in [0.29, 0.717) is 11.3 Å². The van der Waals surface area contributed by atoms with Gasteiger partial charge in [-0.15, -0.1) is 0 Å². The van der Waals surface area contributed by atoms with Crippen molar-refractivity contribution in [1.29, 1.82) is 0 Å². The molecule has 9 heteroatoms. The predicted molar refractivity (Wildman–Crippen MR) is 71.4 cm³/mol. The summed E-state index contributed by atoms with van der Waals surface area (Å²) in [5.74, 6) is 0.235. The first-order valence-electron chi connectivity index (χ1n) is 6.11. The van der Waals surface area contributed by atoms with Gasteiger partial charge in [0.15, 0.2) is 5.89 Å². The average molecular weight is 335 g/mol. The number of hydrogen-bond acceptors (Lipinski definition) is 5. The van der Waals surface area contributed by atoms with Crippen molar-refractivity contribution < 1.29 is 30.2 Å². The van der Waals surface area contributed by atoms with Crippen molar-refractivity contribution in [2.24, 2.45) is 0 Å². The van der Waals surface area contributed by atoms with Crippen molar-refractivity contribution in [2.75, 3.05) is 12.9 Å². The molecular weight excluding hydrogens is 323 g/mol. The molecule has 22 heavy (non-hydrogen) atoms. The van der Waals surface area contributed by atoms with Gasteiger partial charge in [-0.1, -0.05) is 12.1 Å². The van der Waals surface area contributed by atoms with Crippen LogP contribution < -0.4 is 0 Å². The van der Waals surface area contributed by atoms with E-state index in [-0.39, 0.29) is 18.9 Å². The largest absolute Gasteiger partial charge is 0.448 e. The van der Waals surface area contributed by atoms with Crippen molar-refractivity contribution in [1.82, 2.24) is 4.98 Å². The zero-order valence-corrected chi connectivity index (χ0v) is 12.2. The molecule has 2 rings (SSSR count). The van der Waals surface area contributed by atoms with Crippen LogP contribution in [0.2, 0.25) is 0 Å². The Balaban J connectivity index is 2.05. The highest BCUT2D eigenvalue weighted by molar-refractivity contribution is 7.85. The second-order valence-corrected chi connectivity index (χ2v) is 6.12. The van der Waals surface area contributed by atoms with Crippen LogP contribution in [0.5, 0.6) is 0 Å².